The lowest BCUT2D eigenvalue weighted by Crippen LogP contribution is -2.25. The van der Waals surface area contributed by atoms with E-state index in [0.29, 0.717) is 11.4 Å². The van der Waals surface area contributed by atoms with Crippen molar-refractivity contribution in [3.8, 4) is 23.1 Å². The smallest absolute Gasteiger partial charge is 0.324 e. The fourth-order valence-corrected chi connectivity index (χ4v) is 3.54. The highest BCUT2D eigenvalue weighted by molar-refractivity contribution is 6.45. The Kier molecular flexibility index (Phi) is 7.99. The second-order valence-corrected chi connectivity index (χ2v) is 8.14. The van der Waals surface area contributed by atoms with E-state index in [1.807, 2.05) is 0 Å². The third-order valence-electron chi connectivity index (χ3n) is 4.89. The molecule has 196 valence electrons. The number of benzene rings is 2. The predicted octanol–water partition coefficient (Wildman–Crippen LogP) is 4.46. The first-order chi connectivity index (χ1) is 18.3. The van der Waals surface area contributed by atoms with E-state index >= 15 is 0 Å². The Balaban J connectivity index is 1.47. The fraction of sp³-hybridized carbons (Fsp3) is 0.0870. The zero-order valence-electron chi connectivity index (χ0n) is 19.8. The van der Waals surface area contributed by atoms with Crippen molar-refractivity contribution >= 4 is 52.7 Å². The molecule has 4 amide bonds. The maximum Gasteiger partial charge on any atom is 0.324 e. The van der Waals surface area contributed by atoms with Crippen LogP contribution in [0.15, 0.2) is 59.5 Å². The summed E-state index contributed by atoms with van der Waals surface area (Å²) >= 11 is 12.7. The topological polar surface area (TPSA) is 164 Å². The number of hydrogen-bond donors (Lipinski definition) is 5. The number of amides is 4. The molecule has 0 aliphatic rings. The Morgan fingerprint density at radius 1 is 0.974 bits per heavy atom. The molecule has 0 saturated carbocycles. The van der Waals surface area contributed by atoms with Crippen molar-refractivity contribution in [1.29, 1.82) is 0 Å². The van der Waals surface area contributed by atoms with Crippen molar-refractivity contribution in [3.05, 3.63) is 75.1 Å². The van der Waals surface area contributed by atoms with Crippen LogP contribution in [-0.2, 0) is 0 Å². The van der Waals surface area contributed by atoms with Crippen molar-refractivity contribution in [2.75, 3.05) is 30.1 Å². The summed E-state index contributed by atoms with van der Waals surface area (Å²) in [5.41, 5.74) is 0.348. The van der Waals surface area contributed by atoms with Crippen LogP contribution in [0.2, 0.25) is 10.0 Å². The average molecular weight is 559 g/mol. The number of H-pyrrole nitrogens is 1. The summed E-state index contributed by atoms with van der Waals surface area (Å²) < 4.78 is 12.2. The molecule has 15 heteroatoms. The molecule has 0 unspecified atom stereocenters. The third kappa shape index (κ3) is 6.14. The number of aromatic amines is 1. The van der Waals surface area contributed by atoms with Crippen molar-refractivity contribution < 1.29 is 19.1 Å². The van der Waals surface area contributed by atoms with Gasteiger partial charge in [-0.25, -0.2) is 19.3 Å². The molecule has 0 radical (unpaired) electrons. The molecule has 0 aliphatic carbocycles. The quantitative estimate of drug-likeness (QED) is 0.223. The Morgan fingerprint density at radius 3 is 2.45 bits per heavy atom. The Labute approximate surface area is 225 Å². The van der Waals surface area contributed by atoms with Crippen LogP contribution in [0.1, 0.15) is 0 Å². The van der Waals surface area contributed by atoms with Crippen LogP contribution in [-0.4, -0.2) is 46.0 Å². The number of carbonyl (C=O) groups is 2. The fourth-order valence-electron chi connectivity index (χ4n) is 3.13. The van der Waals surface area contributed by atoms with E-state index in [4.69, 9.17) is 32.7 Å². The molecule has 2 aromatic carbocycles. The van der Waals surface area contributed by atoms with Crippen LogP contribution in [0.25, 0.3) is 5.69 Å². The molecule has 13 nitrogen and oxygen atoms in total. The summed E-state index contributed by atoms with van der Waals surface area (Å²) in [6.45, 7) is 0. The maximum absolute atomic E-state index is 12.7. The van der Waals surface area contributed by atoms with Crippen LogP contribution in [0.4, 0.5) is 27.0 Å². The zero-order chi connectivity index (χ0) is 27.2. The first-order valence-electron chi connectivity index (χ1n) is 10.8. The number of halogens is 2. The summed E-state index contributed by atoms with van der Waals surface area (Å²) in [6, 6.07) is 11.3. The lowest BCUT2D eigenvalue weighted by molar-refractivity contribution is 0.253. The zero-order valence-corrected chi connectivity index (χ0v) is 21.3. The van der Waals surface area contributed by atoms with Gasteiger partial charge in [0.2, 0.25) is 11.8 Å². The molecule has 0 saturated heterocycles. The Hall–Kier alpha value is -4.75. The molecule has 4 rings (SSSR count). The van der Waals surface area contributed by atoms with Gasteiger partial charge in [0.1, 0.15) is 22.3 Å². The number of anilines is 3. The van der Waals surface area contributed by atoms with Gasteiger partial charge in [-0.2, -0.15) is 4.98 Å². The van der Waals surface area contributed by atoms with Gasteiger partial charge in [-0.1, -0.05) is 23.2 Å². The van der Waals surface area contributed by atoms with E-state index in [0.717, 1.165) is 0 Å². The van der Waals surface area contributed by atoms with Crippen LogP contribution in [0, 0.1) is 0 Å². The van der Waals surface area contributed by atoms with Crippen LogP contribution in [0.5, 0.6) is 17.4 Å². The molecule has 5 N–H and O–H groups in total. The number of nitrogens with one attached hydrogen (secondary N) is 5. The Bertz CT molecular complexity index is 1540. The molecule has 2 aromatic heterocycles. The average Bonchev–Trinajstić information content (AvgIpc) is 3.28. The van der Waals surface area contributed by atoms with Crippen molar-refractivity contribution in [2.45, 2.75) is 0 Å². The second kappa shape index (κ2) is 11.5. The van der Waals surface area contributed by atoms with Gasteiger partial charge in [0.05, 0.1) is 23.5 Å². The minimum Gasteiger partial charge on any atom is -0.497 e. The molecule has 0 aliphatic heterocycles. The SMILES string of the molecule is CNC(=O)Nc1nccc(Oc2ccc(NC(=O)Nc3cc(=O)[nH]n3-c3ccc(OC)cc3)c(Cl)c2Cl)n1. The number of rotatable bonds is 7. The molecular formula is C23H20Cl2N8O5. The highest BCUT2D eigenvalue weighted by Gasteiger charge is 2.16. The normalized spacial score (nSPS) is 10.4. The van der Waals surface area contributed by atoms with E-state index < -0.39 is 17.6 Å². The molecule has 0 bridgehead atoms. The van der Waals surface area contributed by atoms with E-state index in [1.54, 1.807) is 31.4 Å². The Morgan fingerprint density at radius 2 is 1.74 bits per heavy atom. The molecule has 0 fully saturated rings. The van der Waals surface area contributed by atoms with E-state index in [2.05, 4.69) is 36.3 Å². The number of nitrogens with zero attached hydrogens (tertiary/aromatic N) is 3. The first kappa shape index (κ1) is 26.3. The van der Waals surface area contributed by atoms with Crippen molar-refractivity contribution in [1.82, 2.24) is 25.1 Å². The molecule has 4 aromatic rings. The van der Waals surface area contributed by atoms with Gasteiger partial charge in [-0.15, -0.1) is 0 Å². The lowest BCUT2D eigenvalue weighted by atomic mass is 10.3. The highest BCUT2D eigenvalue weighted by Crippen LogP contribution is 2.39. The summed E-state index contributed by atoms with van der Waals surface area (Å²) in [5.74, 6) is 1.06. The van der Waals surface area contributed by atoms with Gasteiger partial charge in [-0.3, -0.25) is 20.5 Å². The number of urea groups is 2. The standard InChI is InChI=1S/C23H20Cl2N8O5/c1-26-22(35)31-21-27-10-9-18(30-21)38-15-8-7-14(19(24)20(15)25)28-23(36)29-16-11-17(34)32-33(16)12-3-5-13(37-2)6-4-12/h3-11H,1-2H3,(H,32,34)(H2,28,29,36)(H2,26,27,30,31,35). The third-order valence-corrected chi connectivity index (χ3v) is 5.76. The number of hydrogen-bond acceptors (Lipinski definition) is 7. The molecular weight excluding hydrogens is 539 g/mol. The van der Waals surface area contributed by atoms with Gasteiger partial charge in [-0.05, 0) is 36.4 Å². The first-order valence-corrected chi connectivity index (χ1v) is 11.5. The minimum atomic E-state index is -0.682. The van der Waals surface area contributed by atoms with Crippen LogP contribution < -0.4 is 36.3 Å². The summed E-state index contributed by atoms with van der Waals surface area (Å²) in [4.78, 5) is 44.1. The number of methoxy groups -OCH3 is 1. The van der Waals surface area contributed by atoms with Gasteiger partial charge in [0.25, 0.3) is 5.56 Å². The van der Waals surface area contributed by atoms with Crippen molar-refractivity contribution in [2.24, 2.45) is 0 Å². The molecule has 2 heterocycles. The molecule has 0 spiro atoms. The van der Waals surface area contributed by atoms with Gasteiger partial charge in [0, 0.05) is 25.4 Å². The summed E-state index contributed by atoms with van der Waals surface area (Å²) in [7, 11) is 2.99. The highest BCUT2D eigenvalue weighted by atomic mass is 35.5. The van der Waals surface area contributed by atoms with Crippen LogP contribution >= 0.6 is 23.2 Å². The van der Waals surface area contributed by atoms with Gasteiger partial charge < -0.3 is 20.1 Å². The lowest BCUT2D eigenvalue weighted by Gasteiger charge is -2.14. The molecule has 38 heavy (non-hydrogen) atoms. The number of ether oxygens (including phenoxy) is 2. The van der Waals surface area contributed by atoms with Crippen LogP contribution in [0.3, 0.4) is 0 Å². The second-order valence-electron chi connectivity index (χ2n) is 7.38. The largest absolute Gasteiger partial charge is 0.497 e. The van der Waals surface area contributed by atoms with E-state index in [-0.39, 0.29) is 39.1 Å². The molecule has 0 atom stereocenters. The van der Waals surface area contributed by atoms with E-state index in [9.17, 15) is 14.4 Å². The minimum absolute atomic E-state index is 0.000625. The summed E-state index contributed by atoms with van der Waals surface area (Å²) in [6.07, 6.45) is 1.38. The van der Waals surface area contributed by atoms with Crippen molar-refractivity contribution in [3.63, 3.8) is 0 Å². The monoisotopic (exact) mass is 558 g/mol. The maximum atomic E-state index is 12.7. The van der Waals surface area contributed by atoms with Gasteiger partial charge in [0.15, 0.2) is 0 Å². The number of aromatic nitrogens is 4. The predicted molar refractivity (Wildman–Crippen MR) is 142 cm³/mol. The summed E-state index contributed by atoms with van der Waals surface area (Å²) in [5, 5.41) is 12.6. The van der Waals surface area contributed by atoms with Gasteiger partial charge >= 0.3 is 12.1 Å². The van der Waals surface area contributed by atoms with E-state index in [1.165, 1.54) is 42.2 Å². The number of carbonyl (C=O) groups excluding carboxylic acids is 2.